The van der Waals surface area contributed by atoms with Crippen molar-refractivity contribution in [1.29, 1.82) is 0 Å². The molecule has 0 aliphatic rings. The number of carbonyl (C=O) groups excluding carboxylic acids is 1. The van der Waals surface area contributed by atoms with Crippen LogP contribution in [0.4, 0.5) is 4.39 Å². The normalized spacial score (nSPS) is 10.3. The van der Waals surface area contributed by atoms with Crippen molar-refractivity contribution in [3.8, 4) is 29.2 Å². The number of aryl methyl sites for hydroxylation is 2. The van der Waals surface area contributed by atoms with E-state index in [0.717, 1.165) is 16.7 Å². The van der Waals surface area contributed by atoms with Crippen molar-refractivity contribution in [2.45, 2.75) is 19.8 Å². The molecule has 0 aliphatic heterocycles. The van der Waals surface area contributed by atoms with E-state index in [1.807, 2.05) is 25.1 Å². The lowest BCUT2D eigenvalue weighted by Crippen LogP contribution is -2.08. The summed E-state index contributed by atoms with van der Waals surface area (Å²) in [5.41, 5.74) is 3.78. The monoisotopic (exact) mass is 358 g/mol. The van der Waals surface area contributed by atoms with Gasteiger partial charge in [-0.05, 0) is 60.4 Å². The third kappa shape index (κ3) is 4.62. The van der Waals surface area contributed by atoms with Crippen molar-refractivity contribution < 1.29 is 13.9 Å². The van der Waals surface area contributed by atoms with Gasteiger partial charge in [0.15, 0.2) is 0 Å². The van der Waals surface area contributed by atoms with Crippen molar-refractivity contribution in [3.63, 3.8) is 0 Å². The minimum absolute atomic E-state index is 0.266. The van der Waals surface area contributed by atoms with Gasteiger partial charge in [0.25, 0.3) is 0 Å². The van der Waals surface area contributed by atoms with Crippen LogP contribution >= 0.6 is 0 Å². The Balaban J connectivity index is 1.71. The number of carbonyl (C=O) groups is 1. The Labute approximate surface area is 158 Å². The smallest absolute Gasteiger partial charge is 0.343 e. The summed E-state index contributed by atoms with van der Waals surface area (Å²) in [6.45, 7) is 1.96. The lowest BCUT2D eigenvalue weighted by molar-refractivity contribution is 0.0735. The Hall–Kier alpha value is -3.38. The summed E-state index contributed by atoms with van der Waals surface area (Å²) >= 11 is 0. The minimum atomic E-state index is -0.410. The van der Waals surface area contributed by atoms with Gasteiger partial charge < -0.3 is 4.74 Å². The number of esters is 1. The summed E-state index contributed by atoms with van der Waals surface area (Å²) in [4.78, 5) is 12.2. The third-order valence-electron chi connectivity index (χ3n) is 4.28. The maximum atomic E-state index is 14.2. The Morgan fingerprint density at radius 2 is 1.67 bits per heavy atom. The van der Waals surface area contributed by atoms with Crippen LogP contribution in [-0.4, -0.2) is 5.97 Å². The molecule has 3 aromatic rings. The Morgan fingerprint density at radius 3 is 2.30 bits per heavy atom. The second kappa shape index (κ2) is 8.33. The van der Waals surface area contributed by atoms with Crippen molar-refractivity contribution in [2.24, 2.45) is 0 Å². The number of hydrogen-bond acceptors (Lipinski definition) is 2. The topological polar surface area (TPSA) is 26.3 Å². The van der Waals surface area contributed by atoms with Gasteiger partial charge in [0, 0.05) is 6.42 Å². The van der Waals surface area contributed by atoms with Gasteiger partial charge in [-0.2, -0.15) is 0 Å². The molecule has 0 saturated heterocycles. The van der Waals surface area contributed by atoms with E-state index < -0.39 is 5.97 Å². The van der Waals surface area contributed by atoms with Gasteiger partial charge in [0.1, 0.15) is 11.6 Å². The van der Waals surface area contributed by atoms with Crippen LogP contribution in [0.5, 0.6) is 5.75 Å². The molecule has 0 bridgehead atoms. The molecule has 0 aliphatic carbocycles. The average Bonchev–Trinajstić information content (AvgIpc) is 2.68. The second-order valence-corrected chi connectivity index (χ2v) is 6.29. The molecule has 0 spiro atoms. The van der Waals surface area contributed by atoms with Crippen molar-refractivity contribution >= 4 is 5.97 Å². The minimum Gasteiger partial charge on any atom is -0.423 e. The van der Waals surface area contributed by atoms with E-state index in [0.29, 0.717) is 29.7 Å². The predicted molar refractivity (Wildman–Crippen MR) is 105 cm³/mol. The molecule has 0 fully saturated rings. The van der Waals surface area contributed by atoms with Crippen LogP contribution in [0.1, 0.15) is 27.9 Å². The van der Waals surface area contributed by atoms with E-state index in [4.69, 9.17) is 11.2 Å². The molecule has 0 saturated carbocycles. The number of rotatable bonds is 5. The first-order valence-corrected chi connectivity index (χ1v) is 8.68. The molecule has 3 rings (SSSR count). The van der Waals surface area contributed by atoms with Gasteiger partial charge in [-0.25, -0.2) is 9.18 Å². The van der Waals surface area contributed by atoms with Gasteiger partial charge >= 0.3 is 5.97 Å². The van der Waals surface area contributed by atoms with Crippen LogP contribution in [-0.2, 0) is 6.42 Å². The van der Waals surface area contributed by atoms with Gasteiger partial charge in [-0.1, -0.05) is 42.0 Å². The average molecular weight is 358 g/mol. The fourth-order valence-corrected chi connectivity index (χ4v) is 2.71. The van der Waals surface area contributed by atoms with E-state index in [1.165, 1.54) is 6.07 Å². The Morgan fingerprint density at radius 1 is 1.00 bits per heavy atom. The highest BCUT2D eigenvalue weighted by molar-refractivity contribution is 5.91. The molecule has 0 atom stereocenters. The molecule has 0 aromatic heterocycles. The van der Waals surface area contributed by atoms with Crippen LogP contribution < -0.4 is 4.74 Å². The van der Waals surface area contributed by atoms with Crippen LogP contribution in [0.3, 0.4) is 0 Å². The molecular formula is C24H19FO2. The van der Waals surface area contributed by atoms with Gasteiger partial charge in [-0.3, -0.25) is 0 Å². The van der Waals surface area contributed by atoms with E-state index in [9.17, 15) is 9.18 Å². The lowest BCUT2D eigenvalue weighted by Gasteiger charge is -2.08. The maximum absolute atomic E-state index is 14.2. The molecule has 0 heterocycles. The Bertz CT molecular complexity index is 980. The summed E-state index contributed by atoms with van der Waals surface area (Å²) in [6, 6.07) is 19.3. The second-order valence-electron chi connectivity index (χ2n) is 6.29. The van der Waals surface area contributed by atoms with E-state index in [-0.39, 0.29) is 5.82 Å². The van der Waals surface area contributed by atoms with Crippen LogP contribution in [0, 0.1) is 25.1 Å². The van der Waals surface area contributed by atoms with E-state index in [1.54, 1.807) is 42.5 Å². The van der Waals surface area contributed by atoms with Crippen molar-refractivity contribution in [2.75, 3.05) is 0 Å². The zero-order valence-corrected chi connectivity index (χ0v) is 15.0. The van der Waals surface area contributed by atoms with Crippen LogP contribution in [0.25, 0.3) is 11.1 Å². The first-order chi connectivity index (χ1) is 13.1. The number of ether oxygens (including phenoxy) is 1. The standard InChI is InChI=1S/C24H19FO2/c1-3-4-5-19-10-11-21(16-23(19)25)18-12-14-22(15-13-18)27-24(26)20-8-6-17(2)7-9-20/h1,6-16H,4-5H2,2H3. The van der Waals surface area contributed by atoms with E-state index >= 15 is 0 Å². The molecule has 0 N–H and O–H groups in total. The maximum Gasteiger partial charge on any atom is 0.343 e. The number of hydrogen-bond donors (Lipinski definition) is 0. The third-order valence-corrected chi connectivity index (χ3v) is 4.28. The number of terminal acetylenes is 1. The fraction of sp³-hybridized carbons (Fsp3) is 0.125. The summed E-state index contributed by atoms with van der Waals surface area (Å²) in [5.74, 6) is 2.28. The number of halogens is 1. The molecule has 0 unspecified atom stereocenters. The Kier molecular flexibility index (Phi) is 5.68. The van der Waals surface area contributed by atoms with Gasteiger partial charge in [0.05, 0.1) is 5.56 Å². The van der Waals surface area contributed by atoms with Gasteiger partial charge in [-0.15, -0.1) is 12.3 Å². The highest BCUT2D eigenvalue weighted by atomic mass is 19.1. The zero-order valence-electron chi connectivity index (χ0n) is 15.0. The molecule has 2 nitrogen and oxygen atoms in total. The van der Waals surface area contributed by atoms with E-state index in [2.05, 4.69) is 5.92 Å². The molecular weight excluding hydrogens is 339 g/mol. The first kappa shape index (κ1) is 18.4. The molecule has 0 radical (unpaired) electrons. The summed E-state index contributed by atoms with van der Waals surface area (Å²) in [5, 5.41) is 0. The molecule has 134 valence electrons. The summed E-state index contributed by atoms with van der Waals surface area (Å²) < 4.78 is 19.6. The fourth-order valence-electron chi connectivity index (χ4n) is 2.71. The van der Waals surface area contributed by atoms with Crippen LogP contribution in [0.15, 0.2) is 66.7 Å². The largest absolute Gasteiger partial charge is 0.423 e. The number of benzene rings is 3. The summed E-state index contributed by atoms with van der Waals surface area (Å²) in [7, 11) is 0. The molecule has 0 amide bonds. The highest BCUT2D eigenvalue weighted by Gasteiger charge is 2.09. The van der Waals surface area contributed by atoms with Crippen molar-refractivity contribution in [1.82, 2.24) is 0 Å². The zero-order chi connectivity index (χ0) is 19.2. The van der Waals surface area contributed by atoms with Crippen LogP contribution in [0.2, 0.25) is 0 Å². The quantitative estimate of drug-likeness (QED) is 0.338. The molecule has 3 aromatic carbocycles. The van der Waals surface area contributed by atoms with Crippen molar-refractivity contribution in [3.05, 3.63) is 89.2 Å². The lowest BCUT2D eigenvalue weighted by atomic mass is 10.0. The molecule has 27 heavy (non-hydrogen) atoms. The SMILES string of the molecule is C#CCCc1ccc(-c2ccc(OC(=O)c3ccc(C)cc3)cc2)cc1F. The van der Waals surface area contributed by atoms with Gasteiger partial charge in [0.2, 0.25) is 0 Å². The highest BCUT2D eigenvalue weighted by Crippen LogP contribution is 2.25. The predicted octanol–water partition coefficient (Wildman–Crippen LogP) is 5.59. The summed E-state index contributed by atoms with van der Waals surface area (Å²) in [6.07, 6.45) is 6.27. The first-order valence-electron chi connectivity index (χ1n) is 8.68. The molecule has 3 heteroatoms.